The molecule has 2 N–H and O–H groups in total. The maximum atomic E-state index is 11.6. The Labute approximate surface area is 141 Å². The number of ether oxygens (including phenoxy) is 3. The highest BCUT2D eigenvalue weighted by Gasteiger charge is 2.24. The summed E-state index contributed by atoms with van der Waals surface area (Å²) in [7, 11) is 1.50. The molecule has 0 spiro atoms. The van der Waals surface area contributed by atoms with Crippen LogP contribution in [0.5, 0.6) is 11.5 Å². The number of rotatable bonds is 11. The van der Waals surface area contributed by atoms with Crippen molar-refractivity contribution in [1.29, 1.82) is 0 Å². The fourth-order valence-corrected chi connectivity index (χ4v) is 1.74. The zero-order valence-corrected chi connectivity index (χ0v) is 14.0. The lowest BCUT2D eigenvalue weighted by molar-refractivity contribution is -0.149. The molecule has 0 fully saturated rings. The number of aliphatic hydroxyl groups excluding tert-OH is 2. The van der Waals surface area contributed by atoms with E-state index in [4.69, 9.17) is 24.4 Å². The van der Waals surface area contributed by atoms with Crippen LogP contribution < -0.4 is 9.47 Å². The standard InChI is InChI=1S/C17H24O7/c1-17(10-19,11-20)12-24-16(21)4-3-5-23-15-7-13(9-18)6-14(8-15)22-2/h6-9,19-20H,3-5,10-12H2,1-2H3. The maximum absolute atomic E-state index is 11.6. The first-order valence-electron chi connectivity index (χ1n) is 7.61. The van der Waals surface area contributed by atoms with E-state index in [1.165, 1.54) is 7.11 Å². The lowest BCUT2D eigenvalue weighted by Gasteiger charge is -2.23. The van der Waals surface area contributed by atoms with Gasteiger partial charge < -0.3 is 24.4 Å². The fraction of sp³-hybridized carbons (Fsp3) is 0.529. The first-order valence-corrected chi connectivity index (χ1v) is 7.61. The molecule has 0 atom stereocenters. The average Bonchev–Trinajstić information content (AvgIpc) is 2.62. The van der Waals surface area contributed by atoms with E-state index in [1.807, 2.05) is 0 Å². The minimum absolute atomic E-state index is 0.0434. The number of hydrogen-bond acceptors (Lipinski definition) is 7. The van der Waals surface area contributed by atoms with Gasteiger partial charge in [-0.05, 0) is 18.6 Å². The number of methoxy groups -OCH3 is 1. The van der Waals surface area contributed by atoms with Crippen molar-refractivity contribution in [3.63, 3.8) is 0 Å². The molecule has 0 bridgehead atoms. The van der Waals surface area contributed by atoms with Gasteiger partial charge in [-0.2, -0.15) is 0 Å². The Bertz CT molecular complexity index is 538. The molecular weight excluding hydrogens is 316 g/mol. The summed E-state index contributed by atoms with van der Waals surface area (Å²) in [5.41, 5.74) is -0.395. The average molecular weight is 340 g/mol. The third kappa shape index (κ3) is 6.55. The third-order valence-electron chi connectivity index (χ3n) is 3.41. The molecule has 1 aromatic carbocycles. The second kappa shape index (κ2) is 9.89. The van der Waals surface area contributed by atoms with Crippen LogP contribution in [-0.4, -0.2) is 56.0 Å². The Morgan fingerprint density at radius 2 is 1.88 bits per heavy atom. The number of aliphatic hydroxyl groups is 2. The largest absolute Gasteiger partial charge is 0.497 e. The molecule has 0 unspecified atom stereocenters. The summed E-state index contributed by atoms with van der Waals surface area (Å²) in [4.78, 5) is 22.5. The Morgan fingerprint density at radius 3 is 2.46 bits per heavy atom. The van der Waals surface area contributed by atoms with Crippen molar-refractivity contribution in [2.24, 2.45) is 5.41 Å². The van der Waals surface area contributed by atoms with Crippen LogP contribution >= 0.6 is 0 Å². The maximum Gasteiger partial charge on any atom is 0.305 e. The van der Waals surface area contributed by atoms with Gasteiger partial charge in [-0.25, -0.2) is 0 Å². The Kier molecular flexibility index (Phi) is 8.21. The van der Waals surface area contributed by atoms with Gasteiger partial charge in [0.1, 0.15) is 24.4 Å². The van der Waals surface area contributed by atoms with Crippen molar-refractivity contribution in [2.45, 2.75) is 19.8 Å². The van der Waals surface area contributed by atoms with Crippen molar-refractivity contribution >= 4 is 12.3 Å². The van der Waals surface area contributed by atoms with E-state index in [0.717, 1.165) is 0 Å². The molecule has 0 amide bonds. The topological polar surface area (TPSA) is 102 Å². The van der Waals surface area contributed by atoms with E-state index in [1.54, 1.807) is 25.1 Å². The summed E-state index contributed by atoms with van der Waals surface area (Å²) in [6.07, 6.45) is 1.28. The summed E-state index contributed by atoms with van der Waals surface area (Å²) in [6, 6.07) is 4.83. The highest BCUT2D eigenvalue weighted by Crippen LogP contribution is 2.22. The van der Waals surface area contributed by atoms with Gasteiger partial charge in [-0.15, -0.1) is 0 Å². The van der Waals surface area contributed by atoms with Gasteiger partial charge in [0, 0.05) is 23.5 Å². The van der Waals surface area contributed by atoms with Crippen LogP contribution in [0.3, 0.4) is 0 Å². The molecule has 1 aromatic rings. The zero-order chi connectivity index (χ0) is 18.0. The molecule has 7 heteroatoms. The zero-order valence-electron chi connectivity index (χ0n) is 14.0. The number of benzene rings is 1. The molecule has 7 nitrogen and oxygen atoms in total. The molecular formula is C17H24O7. The molecule has 0 radical (unpaired) electrons. The smallest absolute Gasteiger partial charge is 0.305 e. The molecule has 0 saturated heterocycles. The third-order valence-corrected chi connectivity index (χ3v) is 3.41. The van der Waals surface area contributed by atoms with Gasteiger partial charge in [-0.3, -0.25) is 9.59 Å². The van der Waals surface area contributed by atoms with Gasteiger partial charge in [0.25, 0.3) is 0 Å². The molecule has 1 rings (SSSR count). The van der Waals surface area contributed by atoms with E-state index in [-0.39, 0.29) is 32.8 Å². The first kappa shape index (κ1) is 19.9. The molecule has 0 aliphatic rings. The quantitative estimate of drug-likeness (QED) is 0.354. The van der Waals surface area contributed by atoms with Crippen LogP contribution in [0, 0.1) is 5.41 Å². The van der Waals surface area contributed by atoms with Crippen LogP contribution in [0.15, 0.2) is 18.2 Å². The van der Waals surface area contributed by atoms with E-state index in [0.29, 0.717) is 29.8 Å². The lowest BCUT2D eigenvalue weighted by Crippen LogP contribution is -2.32. The molecule has 0 saturated carbocycles. The van der Waals surface area contributed by atoms with Gasteiger partial charge in [0.05, 0.1) is 26.9 Å². The monoisotopic (exact) mass is 340 g/mol. The predicted molar refractivity (Wildman–Crippen MR) is 86.3 cm³/mol. The highest BCUT2D eigenvalue weighted by molar-refractivity contribution is 5.76. The Morgan fingerprint density at radius 1 is 1.21 bits per heavy atom. The van der Waals surface area contributed by atoms with Crippen molar-refractivity contribution in [3.05, 3.63) is 23.8 Å². The van der Waals surface area contributed by atoms with Gasteiger partial charge >= 0.3 is 5.97 Å². The predicted octanol–water partition coefficient (Wildman–Crippen LogP) is 1.20. The van der Waals surface area contributed by atoms with Crippen LogP contribution in [0.4, 0.5) is 0 Å². The summed E-state index contributed by atoms with van der Waals surface area (Å²) < 4.78 is 15.6. The van der Waals surface area contributed by atoms with Crippen LogP contribution in [0.1, 0.15) is 30.1 Å². The van der Waals surface area contributed by atoms with E-state index < -0.39 is 11.4 Å². The fourth-order valence-electron chi connectivity index (χ4n) is 1.74. The van der Waals surface area contributed by atoms with Gasteiger partial charge in [0.15, 0.2) is 0 Å². The summed E-state index contributed by atoms with van der Waals surface area (Å²) in [6.45, 7) is 1.32. The molecule has 0 aliphatic carbocycles. The number of carbonyl (C=O) groups excluding carboxylic acids is 2. The molecule has 24 heavy (non-hydrogen) atoms. The second-order valence-electron chi connectivity index (χ2n) is 5.80. The van der Waals surface area contributed by atoms with Gasteiger partial charge in [-0.1, -0.05) is 6.92 Å². The number of carbonyl (C=O) groups is 2. The molecule has 0 aliphatic heterocycles. The van der Waals surface area contributed by atoms with E-state index in [2.05, 4.69) is 0 Å². The molecule has 134 valence electrons. The van der Waals surface area contributed by atoms with Crippen molar-refractivity contribution in [2.75, 3.05) is 33.5 Å². The summed E-state index contributed by atoms with van der Waals surface area (Å²) >= 11 is 0. The Hall–Kier alpha value is -2.12. The van der Waals surface area contributed by atoms with Crippen LogP contribution in [0.2, 0.25) is 0 Å². The summed E-state index contributed by atoms with van der Waals surface area (Å²) in [5.74, 6) is 0.574. The van der Waals surface area contributed by atoms with Crippen molar-refractivity contribution in [1.82, 2.24) is 0 Å². The number of aldehydes is 1. The first-order chi connectivity index (χ1) is 11.5. The number of hydrogen-bond donors (Lipinski definition) is 2. The Balaban J connectivity index is 2.35. The normalized spacial score (nSPS) is 11.0. The van der Waals surface area contributed by atoms with E-state index in [9.17, 15) is 9.59 Å². The van der Waals surface area contributed by atoms with Crippen molar-refractivity contribution in [3.8, 4) is 11.5 Å². The minimum atomic E-state index is -0.835. The second-order valence-corrected chi connectivity index (χ2v) is 5.80. The molecule has 0 heterocycles. The highest BCUT2D eigenvalue weighted by atomic mass is 16.5. The number of esters is 1. The summed E-state index contributed by atoms with van der Waals surface area (Å²) in [5, 5.41) is 18.2. The SMILES string of the molecule is COc1cc(C=O)cc(OCCCC(=O)OCC(C)(CO)CO)c1. The van der Waals surface area contributed by atoms with Gasteiger partial charge in [0.2, 0.25) is 0 Å². The van der Waals surface area contributed by atoms with Crippen LogP contribution in [0.25, 0.3) is 0 Å². The minimum Gasteiger partial charge on any atom is -0.497 e. The lowest BCUT2D eigenvalue weighted by atomic mass is 9.94. The van der Waals surface area contributed by atoms with Crippen LogP contribution in [-0.2, 0) is 9.53 Å². The van der Waals surface area contributed by atoms with E-state index >= 15 is 0 Å². The molecule has 0 aromatic heterocycles. The van der Waals surface area contributed by atoms with Crippen molar-refractivity contribution < 1.29 is 34.0 Å².